The lowest BCUT2D eigenvalue weighted by Gasteiger charge is -2.31. The van der Waals surface area contributed by atoms with Crippen LogP contribution in [0.25, 0.3) is 5.57 Å². The van der Waals surface area contributed by atoms with Crippen molar-refractivity contribution in [2.45, 2.75) is 64.2 Å². The van der Waals surface area contributed by atoms with Crippen molar-refractivity contribution in [3.63, 3.8) is 0 Å². The van der Waals surface area contributed by atoms with E-state index >= 15 is 0 Å². The van der Waals surface area contributed by atoms with Gasteiger partial charge in [-0.1, -0.05) is 19.1 Å². The molecule has 1 fully saturated rings. The molecule has 2 aliphatic rings. The Morgan fingerprint density at radius 1 is 1.26 bits per heavy atom. The summed E-state index contributed by atoms with van der Waals surface area (Å²) in [7, 11) is 0. The van der Waals surface area contributed by atoms with Crippen LogP contribution in [0, 0.1) is 11.3 Å². The van der Waals surface area contributed by atoms with Crippen LogP contribution in [0.5, 0.6) is 0 Å². The molecule has 9 heteroatoms. The predicted molar refractivity (Wildman–Crippen MR) is 130 cm³/mol. The van der Waals surface area contributed by atoms with Crippen LogP contribution < -0.4 is 0 Å². The lowest BCUT2D eigenvalue weighted by Crippen LogP contribution is -2.33. The fourth-order valence-electron chi connectivity index (χ4n) is 4.75. The monoisotopic (exact) mass is 481 g/mol. The molecule has 0 amide bonds. The van der Waals surface area contributed by atoms with Crippen LogP contribution >= 0.6 is 0 Å². The number of likely N-dealkylation sites (tertiary alicyclic amines) is 1. The third kappa shape index (κ3) is 6.78. The van der Waals surface area contributed by atoms with Gasteiger partial charge in [-0.15, -0.1) is 0 Å². The summed E-state index contributed by atoms with van der Waals surface area (Å²) in [4.78, 5) is 27.4. The number of aromatic nitrogens is 3. The van der Waals surface area contributed by atoms with Gasteiger partial charge in [-0.25, -0.2) is 4.98 Å². The molecular weight excluding hydrogens is 450 g/mol. The van der Waals surface area contributed by atoms with E-state index in [9.17, 15) is 4.79 Å². The summed E-state index contributed by atoms with van der Waals surface area (Å²) in [5.74, 6) is 0.623. The first-order chi connectivity index (χ1) is 16.6. The van der Waals surface area contributed by atoms with Gasteiger partial charge < -0.3 is 9.88 Å². The lowest BCUT2D eigenvalue weighted by molar-refractivity contribution is 0.0983. The highest BCUT2D eigenvalue weighted by atomic mass is 32.1. The molecule has 34 heavy (non-hydrogen) atoms. The Morgan fingerprint density at radius 2 is 2.03 bits per heavy atom. The van der Waals surface area contributed by atoms with Gasteiger partial charge in [-0.2, -0.15) is 13.7 Å². The molecular formula is C25H31N5O3S. The van der Waals surface area contributed by atoms with Gasteiger partial charge in [-0.3, -0.25) is 9.78 Å². The number of hydrogen-bond donors (Lipinski definition) is 1. The van der Waals surface area contributed by atoms with Gasteiger partial charge >= 0.3 is 11.6 Å². The van der Waals surface area contributed by atoms with Crippen molar-refractivity contribution in [1.82, 2.24) is 19.9 Å². The fourth-order valence-corrected chi connectivity index (χ4v) is 4.75. The molecule has 2 aromatic heterocycles. The number of rotatable bonds is 7. The second kappa shape index (κ2) is 13.1. The highest BCUT2D eigenvalue weighted by Gasteiger charge is 2.24. The molecule has 8 nitrogen and oxygen atoms in total. The Morgan fingerprint density at radius 3 is 2.65 bits per heavy atom. The van der Waals surface area contributed by atoms with Gasteiger partial charge in [0.1, 0.15) is 11.8 Å². The summed E-state index contributed by atoms with van der Waals surface area (Å²) in [6.45, 7) is 5.69. The normalized spacial score (nSPS) is 16.6. The predicted octanol–water partition coefficient (Wildman–Crippen LogP) is 3.98. The van der Waals surface area contributed by atoms with Crippen molar-refractivity contribution >= 4 is 22.9 Å². The van der Waals surface area contributed by atoms with Crippen LogP contribution in [-0.4, -0.2) is 53.7 Å². The smallest absolute Gasteiger partial charge is 0.327 e. The number of allylic oxidation sites excluding steroid dienone is 2. The number of nitrogens with zero attached hydrogens (tertiary/aromatic N) is 4. The Labute approximate surface area is 204 Å². The summed E-state index contributed by atoms with van der Waals surface area (Å²) in [5, 5.41) is 8.98. The standard InChI is InChI=1S/C25H31N5O.O2S/c1-2-12-30-13-10-18(11-14-30)22-9-8-20(24(29-22)19-6-4-3-5-7-19)15-23(31)25-27-17-21(16-26)28-25;1-3-2/h6,8-9,17-18H,2-5,7,10-15H2,1H3,(H,27,28);. The van der Waals surface area contributed by atoms with Gasteiger partial charge in [-0.05, 0) is 81.8 Å². The molecule has 1 N–H and O–H groups in total. The SMILES string of the molecule is CCCN1CCC(c2ccc(CC(=O)c3ncc(C#N)[nH]3)c(C3=CCCCC3)n2)CC1.O=S=O. The molecule has 0 aromatic carbocycles. The molecule has 0 radical (unpaired) electrons. The Kier molecular flexibility index (Phi) is 9.86. The first-order valence-corrected chi connectivity index (χ1v) is 12.6. The second-order valence-electron chi connectivity index (χ2n) is 8.76. The number of hydrogen-bond acceptors (Lipinski definition) is 7. The largest absolute Gasteiger partial charge is 0.335 e. The minimum absolute atomic E-state index is 0.110. The Balaban J connectivity index is 0.00000103. The molecule has 1 aliphatic heterocycles. The summed E-state index contributed by atoms with van der Waals surface area (Å²) in [5.41, 5.74) is 4.70. The molecule has 0 atom stereocenters. The Bertz CT molecular complexity index is 1090. The van der Waals surface area contributed by atoms with Gasteiger partial charge in [0.2, 0.25) is 5.78 Å². The molecule has 0 spiro atoms. The molecule has 1 saturated heterocycles. The third-order valence-electron chi connectivity index (χ3n) is 6.45. The van der Waals surface area contributed by atoms with Crippen LogP contribution in [0.3, 0.4) is 0 Å². The number of Topliss-reactive ketones (excluding diaryl/α,β-unsaturated/α-hetero) is 1. The summed E-state index contributed by atoms with van der Waals surface area (Å²) < 4.78 is 16.6. The number of nitrogens with one attached hydrogen (secondary N) is 1. The van der Waals surface area contributed by atoms with Crippen molar-refractivity contribution in [2.75, 3.05) is 19.6 Å². The summed E-state index contributed by atoms with van der Waals surface area (Å²) >= 11 is -0.750. The van der Waals surface area contributed by atoms with Gasteiger partial charge in [0.15, 0.2) is 5.82 Å². The highest BCUT2D eigenvalue weighted by Crippen LogP contribution is 2.32. The molecule has 180 valence electrons. The number of piperidine rings is 1. The van der Waals surface area contributed by atoms with Crippen molar-refractivity contribution in [1.29, 1.82) is 5.26 Å². The Hall–Kier alpha value is -2.96. The average molecular weight is 482 g/mol. The maximum atomic E-state index is 12.8. The number of aromatic amines is 1. The van der Waals surface area contributed by atoms with Crippen LogP contribution in [-0.2, 0) is 18.0 Å². The van der Waals surface area contributed by atoms with E-state index in [0.29, 0.717) is 11.6 Å². The number of nitriles is 1. The van der Waals surface area contributed by atoms with Crippen molar-refractivity contribution in [3.8, 4) is 6.07 Å². The quantitative estimate of drug-likeness (QED) is 0.594. The van der Waals surface area contributed by atoms with Crippen LogP contribution in [0.15, 0.2) is 24.4 Å². The summed E-state index contributed by atoms with van der Waals surface area (Å²) in [6.07, 6.45) is 11.9. The van der Waals surface area contributed by atoms with E-state index in [-0.39, 0.29) is 18.0 Å². The molecule has 1 aliphatic carbocycles. The number of ketones is 1. The van der Waals surface area contributed by atoms with Crippen molar-refractivity contribution < 1.29 is 13.2 Å². The van der Waals surface area contributed by atoms with E-state index in [1.165, 1.54) is 43.3 Å². The molecule has 0 unspecified atom stereocenters. The van der Waals surface area contributed by atoms with Gasteiger partial charge in [0.05, 0.1) is 11.9 Å². The van der Waals surface area contributed by atoms with E-state index in [1.54, 1.807) is 0 Å². The number of pyridine rings is 1. The maximum absolute atomic E-state index is 12.8. The van der Waals surface area contributed by atoms with Crippen LogP contribution in [0.1, 0.15) is 91.1 Å². The number of carbonyl (C=O) groups is 1. The average Bonchev–Trinajstić information content (AvgIpc) is 3.36. The van der Waals surface area contributed by atoms with Gasteiger partial charge in [0, 0.05) is 18.0 Å². The van der Waals surface area contributed by atoms with Crippen LogP contribution in [0.2, 0.25) is 0 Å². The molecule has 0 saturated carbocycles. The zero-order valence-electron chi connectivity index (χ0n) is 19.6. The molecule has 0 bridgehead atoms. The van der Waals surface area contributed by atoms with E-state index in [2.05, 4.69) is 40.0 Å². The lowest BCUT2D eigenvalue weighted by atomic mass is 9.89. The fraction of sp³-hybridized carbons (Fsp3) is 0.520. The minimum atomic E-state index is -0.750. The topological polar surface area (TPSA) is 120 Å². The van der Waals surface area contributed by atoms with E-state index in [0.717, 1.165) is 50.0 Å². The van der Waals surface area contributed by atoms with Crippen molar-refractivity contribution in [3.05, 3.63) is 52.9 Å². The molecule has 2 aromatic rings. The molecule has 3 heterocycles. The first kappa shape index (κ1) is 25.7. The zero-order valence-corrected chi connectivity index (χ0v) is 20.4. The summed E-state index contributed by atoms with van der Waals surface area (Å²) in [6, 6.07) is 6.21. The van der Waals surface area contributed by atoms with Gasteiger partial charge in [0.25, 0.3) is 0 Å². The zero-order chi connectivity index (χ0) is 24.3. The van der Waals surface area contributed by atoms with Crippen molar-refractivity contribution in [2.24, 2.45) is 0 Å². The van der Waals surface area contributed by atoms with E-state index < -0.39 is 11.6 Å². The highest BCUT2D eigenvalue weighted by molar-refractivity contribution is 7.51. The first-order valence-electron chi connectivity index (χ1n) is 11.9. The van der Waals surface area contributed by atoms with Crippen LogP contribution in [0.4, 0.5) is 0 Å². The number of carbonyl (C=O) groups excluding carboxylic acids is 1. The van der Waals surface area contributed by atoms with E-state index in [1.807, 2.05) is 6.07 Å². The second-order valence-corrected chi connectivity index (χ2v) is 8.90. The number of H-pyrrole nitrogens is 1. The third-order valence-corrected chi connectivity index (χ3v) is 6.45. The maximum Gasteiger partial charge on any atom is 0.335 e. The molecule has 4 rings (SSSR count). The van der Waals surface area contributed by atoms with E-state index in [4.69, 9.17) is 18.7 Å². The number of imidazole rings is 1. The minimum Gasteiger partial charge on any atom is -0.327 e.